The summed E-state index contributed by atoms with van der Waals surface area (Å²) in [5, 5.41) is 0. The van der Waals surface area contributed by atoms with Crippen molar-refractivity contribution in [2.24, 2.45) is 0 Å². The van der Waals surface area contributed by atoms with Crippen LogP contribution in [0.25, 0.3) is 4.85 Å². The Hall–Kier alpha value is 0.0327. The van der Waals surface area contributed by atoms with Crippen LogP contribution in [-0.2, 0) is 37.9 Å². The number of nitrogens with zero attached hydrogens (tertiary/aromatic N) is 1. The minimum absolute atomic E-state index is 0. The van der Waals surface area contributed by atoms with Gasteiger partial charge in [0.05, 0.1) is 0 Å². The molecule has 15 heavy (non-hydrogen) atoms. The van der Waals surface area contributed by atoms with Crippen molar-refractivity contribution >= 4 is 4.02 Å². The van der Waals surface area contributed by atoms with Gasteiger partial charge >= 0.3 is 96.4 Å². The van der Waals surface area contributed by atoms with Crippen LogP contribution in [0.5, 0.6) is 0 Å². The van der Waals surface area contributed by atoms with Gasteiger partial charge in [0.1, 0.15) is 0 Å². The Balaban J connectivity index is 0. The fourth-order valence-electron chi connectivity index (χ4n) is 0.760. The van der Waals surface area contributed by atoms with E-state index in [-0.39, 0.29) is 18.6 Å². The van der Waals surface area contributed by atoms with E-state index in [1.807, 2.05) is 19.9 Å². The van der Waals surface area contributed by atoms with Crippen LogP contribution in [0.4, 0.5) is 0 Å². The van der Waals surface area contributed by atoms with Crippen LogP contribution in [0.1, 0.15) is 13.8 Å². The number of hydrogen-bond donors (Lipinski definition) is 2. The van der Waals surface area contributed by atoms with Gasteiger partial charge < -0.3 is 0 Å². The predicted molar refractivity (Wildman–Crippen MR) is 54.9 cm³/mol. The minimum Gasteiger partial charge on any atom is 0 e. The maximum absolute atomic E-state index is 6.59. The van der Waals surface area contributed by atoms with Crippen LogP contribution in [0.3, 0.4) is 0 Å². The molecule has 0 fully saturated rings. The third-order valence-electron chi connectivity index (χ3n) is 1.35. The Kier molecular flexibility index (Phi) is 12.3. The van der Waals surface area contributed by atoms with E-state index in [1.54, 1.807) is 0 Å². The van der Waals surface area contributed by atoms with Gasteiger partial charge in [-0.05, 0) is 0 Å². The molecule has 0 rings (SSSR count). The quantitative estimate of drug-likeness (QED) is 0.296. The summed E-state index contributed by atoms with van der Waals surface area (Å²) < 4.78 is 1.10. The summed E-state index contributed by atoms with van der Waals surface area (Å²) in [5.74, 6) is 0. The summed E-state index contributed by atoms with van der Waals surface area (Å²) in [7, 11) is 0. The second kappa shape index (κ2) is 10.5. The van der Waals surface area contributed by atoms with Crippen LogP contribution in [0.15, 0.2) is 17.2 Å². The van der Waals surface area contributed by atoms with Gasteiger partial charge in [0.2, 0.25) is 0 Å². The summed E-state index contributed by atoms with van der Waals surface area (Å²) in [4.78, 5) is 3.23. The number of nitrogens with one attached hydrogen (secondary N) is 2. The van der Waals surface area contributed by atoms with Gasteiger partial charge in [-0.25, -0.2) is 0 Å². The molecule has 0 saturated carbocycles. The second-order valence-electron chi connectivity index (χ2n) is 2.83. The van der Waals surface area contributed by atoms with Gasteiger partial charge in [-0.15, -0.1) is 0 Å². The standard InChI is InChI=1S/C10H14N3.V.W/c1-9(2)7-10(3)8-13-12-6-5-11-4;;/h1,7,12-13H,5-6H2,2-3H3;;/q-1;;. The molecule has 81 valence electrons. The molecule has 0 unspecified atom stereocenters. The van der Waals surface area contributed by atoms with Crippen LogP contribution in [0.2, 0.25) is 0 Å². The summed E-state index contributed by atoms with van der Waals surface area (Å²) in [5.41, 5.74) is 7.93. The second-order valence-corrected chi connectivity index (χ2v) is 4.30. The van der Waals surface area contributed by atoms with Crippen molar-refractivity contribution in [1.82, 2.24) is 10.9 Å². The SMILES string of the molecule is [C-]#[N+]CCNN[C](=[W])C(C)=CC(=[CH-])C.[V]. The first-order valence-electron chi connectivity index (χ1n) is 4.21. The van der Waals surface area contributed by atoms with E-state index in [0.29, 0.717) is 13.1 Å². The van der Waals surface area contributed by atoms with E-state index < -0.39 is 0 Å². The van der Waals surface area contributed by atoms with Gasteiger partial charge in [-0.3, -0.25) is 0 Å². The van der Waals surface area contributed by atoms with Crippen molar-refractivity contribution in [3.63, 3.8) is 0 Å². The van der Waals surface area contributed by atoms with Gasteiger partial charge in [0.15, 0.2) is 0 Å². The van der Waals surface area contributed by atoms with E-state index in [2.05, 4.69) is 15.7 Å². The number of allylic oxidation sites excluding steroid dienone is 2. The van der Waals surface area contributed by atoms with Crippen LogP contribution in [-0.4, -0.2) is 17.1 Å². The summed E-state index contributed by atoms with van der Waals surface area (Å²) in [6.45, 7) is 17.1. The molecular weight excluding hydrogens is 397 g/mol. The van der Waals surface area contributed by atoms with E-state index in [1.165, 1.54) is 19.4 Å². The average Bonchev–Trinajstić information content (AvgIpc) is 2.11. The molecule has 0 aromatic heterocycles. The number of hydrogen-bond acceptors (Lipinski definition) is 2. The van der Waals surface area contributed by atoms with Crippen LogP contribution >= 0.6 is 0 Å². The first-order valence-corrected chi connectivity index (χ1v) is 5.68. The predicted octanol–water partition coefficient (Wildman–Crippen LogP) is 1.000. The Bertz CT molecular complexity index is 292. The Morgan fingerprint density at radius 3 is 2.60 bits per heavy atom. The molecule has 5 heteroatoms. The zero-order chi connectivity index (χ0) is 11.0. The average molecular weight is 411 g/mol. The largest absolute Gasteiger partial charge is 0 e. The third kappa shape index (κ3) is 10.3. The maximum atomic E-state index is 6.59. The van der Waals surface area contributed by atoms with Crippen molar-refractivity contribution in [3.05, 3.63) is 35.2 Å². The molecule has 0 aromatic rings. The normalized spacial score (nSPS) is 10.1. The zero-order valence-corrected chi connectivity index (χ0v) is 13.2. The van der Waals surface area contributed by atoms with Crippen LogP contribution < -0.4 is 10.9 Å². The zero-order valence-electron chi connectivity index (χ0n) is 8.87. The van der Waals surface area contributed by atoms with Crippen molar-refractivity contribution in [2.75, 3.05) is 13.1 Å². The molecule has 0 aliphatic heterocycles. The summed E-state index contributed by atoms with van der Waals surface area (Å²) >= 11 is 1.34. The first kappa shape index (κ1) is 17.4. The Labute approximate surface area is 114 Å². The molecule has 0 atom stereocenters. The fourth-order valence-corrected chi connectivity index (χ4v) is 1.23. The number of hydrazine groups is 1. The molecule has 0 saturated heterocycles. The fraction of sp³-hybridized carbons (Fsp3) is 0.400. The molecular formula is C10H14N3VW-. The van der Waals surface area contributed by atoms with Crippen molar-refractivity contribution in [2.45, 2.75) is 13.8 Å². The molecule has 0 aliphatic carbocycles. The molecule has 2 N–H and O–H groups in total. The van der Waals surface area contributed by atoms with Gasteiger partial charge in [0, 0.05) is 18.6 Å². The molecule has 0 aromatic carbocycles. The minimum atomic E-state index is 0. The topological polar surface area (TPSA) is 28.4 Å². The van der Waals surface area contributed by atoms with Crippen molar-refractivity contribution in [3.8, 4) is 0 Å². The molecule has 0 aliphatic rings. The van der Waals surface area contributed by atoms with Gasteiger partial charge in [0.25, 0.3) is 0 Å². The number of rotatable bonds is 6. The maximum Gasteiger partial charge on any atom is 0 e. The van der Waals surface area contributed by atoms with Gasteiger partial charge in [-0.2, -0.15) is 0 Å². The molecule has 0 amide bonds. The first-order chi connectivity index (χ1) is 6.57. The third-order valence-corrected chi connectivity index (χ3v) is 2.88. The molecule has 0 heterocycles. The molecule has 0 spiro atoms. The molecule has 0 bridgehead atoms. The van der Waals surface area contributed by atoms with Crippen LogP contribution in [0, 0.1) is 13.2 Å². The summed E-state index contributed by atoms with van der Waals surface area (Å²) in [6.07, 6.45) is 1.92. The monoisotopic (exact) mass is 411 g/mol. The molecule has 1 radical (unpaired) electrons. The Morgan fingerprint density at radius 2 is 2.13 bits per heavy atom. The van der Waals surface area contributed by atoms with Crippen molar-refractivity contribution < 1.29 is 37.9 Å². The van der Waals surface area contributed by atoms with E-state index >= 15 is 0 Å². The van der Waals surface area contributed by atoms with Crippen molar-refractivity contribution in [1.29, 1.82) is 0 Å². The van der Waals surface area contributed by atoms with E-state index in [4.69, 9.17) is 13.2 Å². The summed E-state index contributed by atoms with van der Waals surface area (Å²) in [6, 6.07) is 0. The Morgan fingerprint density at radius 1 is 1.53 bits per heavy atom. The van der Waals surface area contributed by atoms with E-state index in [9.17, 15) is 0 Å². The van der Waals surface area contributed by atoms with E-state index in [0.717, 1.165) is 15.2 Å². The van der Waals surface area contributed by atoms with Gasteiger partial charge in [-0.1, -0.05) is 0 Å². The smallest absolute Gasteiger partial charge is 0 e. The molecule has 3 nitrogen and oxygen atoms in total.